The number of hydrogen-bond acceptors (Lipinski definition) is 3. The van der Waals surface area contributed by atoms with Crippen LogP contribution in [-0.4, -0.2) is 39.9 Å². The molecule has 1 N–H and O–H groups in total. The molecule has 4 heteroatoms. The fourth-order valence-corrected chi connectivity index (χ4v) is 3.12. The summed E-state index contributed by atoms with van der Waals surface area (Å²) in [6.45, 7) is 4.80. The second-order valence-electron chi connectivity index (χ2n) is 5.81. The molecule has 1 saturated carbocycles. The Morgan fingerprint density at radius 1 is 1.28 bits per heavy atom. The molecule has 2 fully saturated rings. The van der Waals surface area contributed by atoms with Gasteiger partial charge in [-0.15, -0.1) is 0 Å². The Morgan fingerprint density at radius 3 is 2.56 bits per heavy atom. The molecule has 1 aromatic heterocycles. The van der Waals surface area contributed by atoms with Gasteiger partial charge in [-0.2, -0.15) is 5.10 Å². The summed E-state index contributed by atoms with van der Waals surface area (Å²) in [5.41, 5.74) is 1.28. The largest absolute Gasteiger partial charge is 0.306 e. The van der Waals surface area contributed by atoms with Crippen molar-refractivity contribution < 1.29 is 0 Å². The molecule has 0 spiro atoms. The van der Waals surface area contributed by atoms with Crippen molar-refractivity contribution in [3.8, 4) is 0 Å². The van der Waals surface area contributed by atoms with Crippen molar-refractivity contribution in [3.05, 3.63) is 18.0 Å². The molecule has 2 heterocycles. The van der Waals surface area contributed by atoms with E-state index in [4.69, 9.17) is 0 Å². The molecule has 0 amide bonds. The monoisotopic (exact) mass is 248 g/mol. The molecule has 100 valence electrons. The lowest BCUT2D eigenvalue weighted by molar-refractivity contribution is 0.183. The van der Waals surface area contributed by atoms with Gasteiger partial charge in [-0.25, -0.2) is 0 Å². The Morgan fingerprint density at radius 2 is 2.00 bits per heavy atom. The molecule has 1 aliphatic heterocycles. The number of nitrogens with one attached hydrogen (secondary N) is 1. The van der Waals surface area contributed by atoms with Crippen molar-refractivity contribution in [1.29, 1.82) is 0 Å². The second-order valence-corrected chi connectivity index (χ2v) is 5.81. The summed E-state index contributed by atoms with van der Waals surface area (Å²) in [5, 5.41) is 8.00. The number of hydrogen-bond donors (Lipinski definition) is 1. The molecule has 0 aromatic carbocycles. The lowest BCUT2D eigenvalue weighted by Gasteiger charge is -2.34. The lowest BCUT2D eigenvalue weighted by Crippen LogP contribution is -2.44. The van der Waals surface area contributed by atoms with Gasteiger partial charge >= 0.3 is 0 Å². The minimum atomic E-state index is 0.398. The van der Waals surface area contributed by atoms with Crippen molar-refractivity contribution >= 4 is 0 Å². The SMILES string of the molecule is CC(NC1CCN(C2CC2)CC1)c1ccnn1C. The molecule has 4 nitrogen and oxygen atoms in total. The van der Waals surface area contributed by atoms with Crippen LogP contribution in [0.4, 0.5) is 0 Å². The van der Waals surface area contributed by atoms with Gasteiger partial charge < -0.3 is 10.2 Å². The van der Waals surface area contributed by atoms with Gasteiger partial charge in [0.15, 0.2) is 0 Å². The van der Waals surface area contributed by atoms with Crippen molar-refractivity contribution in [3.63, 3.8) is 0 Å². The van der Waals surface area contributed by atoms with Gasteiger partial charge in [-0.3, -0.25) is 4.68 Å². The lowest BCUT2D eigenvalue weighted by atomic mass is 10.0. The fourth-order valence-electron chi connectivity index (χ4n) is 3.12. The van der Waals surface area contributed by atoms with E-state index in [1.165, 1.54) is 44.5 Å². The minimum Gasteiger partial charge on any atom is -0.306 e. The topological polar surface area (TPSA) is 33.1 Å². The Kier molecular flexibility index (Phi) is 3.39. The molecular weight excluding hydrogens is 224 g/mol. The summed E-state index contributed by atoms with van der Waals surface area (Å²) in [6.07, 6.45) is 7.33. The number of piperidine rings is 1. The van der Waals surface area contributed by atoms with Crippen molar-refractivity contribution in [2.75, 3.05) is 13.1 Å². The predicted octanol–water partition coefficient (Wildman–Crippen LogP) is 1.70. The summed E-state index contributed by atoms with van der Waals surface area (Å²) < 4.78 is 1.97. The van der Waals surface area contributed by atoms with E-state index >= 15 is 0 Å². The van der Waals surface area contributed by atoms with Crippen molar-refractivity contribution in [1.82, 2.24) is 20.0 Å². The number of nitrogens with zero attached hydrogens (tertiary/aromatic N) is 3. The third kappa shape index (κ3) is 2.59. The maximum Gasteiger partial charge on any atom is 0.0547 e. The van der Waals surface area contributed by atoms with E-state index in [1.807, 2.05) is 17.9 Å². The number of aryl methyl sites for hydroxylation is 1. The van der Waals surface area contributed by atoms with E-state index in [-0.39, 0.29) is 0 Å². The van der Waals surface area contributed by atoms with E-state index in [0.29, 0.717) is 12.1 Å². The standard InChI is InChI=1S/C14H24N4/c1-11(14-5-8-15-17(14)2)16-12-6-9-18(10-7-12)13-3-4-13/h5,8,11-13,16H,3-4,6-7,9-10H2,1-2H3. The maximum atomic E-state index is 4.24. The van der Waals surface area contributed by atoms with Gasteiger partial charge in [-0.1, -0.05) is 0 Å². The zero-order chi connectivity index (χ0) is 12.5. The highest BCUT2D eigenvalue weighted by Crippen LogP contribution is 2.29. The first-order chi connectivity index (χ1) is 8.74. The van der Waals surface area contributed by atoms with Crippen LogP contribution in [0.3, 0.4) is 0 Å². The summed E-state index contributed by atoms with van der Waals surface area (Å²) in [7, 11) is 2.02. The third-order valence-corrected chi connectivity index (χ3v) is 4.38. The van der Waals surface area contributed by atoms with Gasteiger partial charge in [0.1, 0.15) is 0 Å². The average molecular weight is 248 g/mol. The number of likely N-dealkylation sites (tertiary alicyclic amines) is 1. The van der Waals surface area contributed by atoms with Crippen LogP contribution in [0.15, 0.2) is 12.3 Å². The van der Waals surface area contributed by atoms with Crippen LogP contribution in [0.1, 0.15) is 44.3 Å². The van der Waals surface area contributed by atoms with Crippen LogP contribution >= 0.6 is 0 Å². The summed E-state index contributed by atoms with van der Waals surface area (Å²) >= 11 is 0. The Balaban J connectivity index is 1.50. The van der Waals surface area contributed by atoms with Crippen LogP contribution in [0.2, 0.25) is 0 Å². The molecule has 1 aromatic rings. The van der Waals surface area contributed by atoms with Crippen LogP contribution in [0.25, 0.3) is 0 Å². The molecular formula is C14H24N4. The van der Waals surface area contributed by atoms with Gasteiger partial charge in [0.05, 0.1) is 5.69 Å². The van der Waals surface area contributed by atoms with Gasteiger partial charge in [0, 0.05) is 31.4 Å². The molecule has 2 aliphatic rings. The molecule has 1 unspecified atom stereocenters. The smallest absolute Gasteiger partial charge is 0.0547 e. The summed E-state index contributed by atoms with van der Waals surface area (Å²) in [5.74, 6) is 0. The van der Waals surface area contributed by atoms with E-state index < -0.39 is 0 Å². The van der Waals surface area contributed by atoms with Gasteiger partial charge in [0.25, 0.3) is 0 Å². The third-order valence-electron chi connectivity index (χ3n) is 4.38. The Labute approximate surface area is 109 Å². The summed E-state index contributed by atoms with van der Waals surface area (Å²) in [6, 6.07) is 4.11. The fraction of sp³-hybridized carbons (Fsp3) is 0.786. The zero-order valence-electron chi connectivity index (χ0n) is 11.5. The minimum absolute atomic E-state index is 0.398. The Bertz CT molecular complexity index is 388. The maximum absolute atomic E-state index is 4.24. The van der Waals surface area contributed by atoms with Gasteiger partial charge in [0.2, 0.25) is 0 Å². The highest BCUT2D eigenvalue weighted by Gasteiger charge is 2.32. The van der Waals surface area contributed by atoms with E-state index in [1.54, 1.807) is 0 Å². The molecule has 1 atom stereocenters. The molecule has 18 heavy (non-hydrogen) atoms. The first kappa shape index (κ1) is 12.2. The Hall–Kier alpha value is -0.870. The molecule has 1 aliphatic carbocycles. The first-order valence-electron chi connectivity index (χ1n) is 7.22. The molecule has 0 bridgehead atoms. The quantitative estimate of drug-likeness (QED) is 0.880. The number of rotatable bonds is 4. The van der Waals surface area contributed by atoms with Crippen molar-refractivity contribution in [2.45, 2.75) is 50.7 Å². The highest BCUT2D eigenvalue weighted by atomic mass is 15.3. The zero-order valence-corrected chi connectivity index (χ0v) is 11.5. The normalized spacial score (nSPS) is 24.3. The van der Waals surface area contributed by atoms with E-state index in [2.05, 4.69) is 28.3 Å². The highest BCUT2D eigenvalue weighted by molar-refractivity contribution is 5.06. The average Bonchev–Trinajstić information content (AvgIpc) is 3.12. The van der Waals surface area contributed by atoms with Crippen LogP contribution in [0, 0.1) is 0 Å². The molecule has 3 rings (SSSR count). The summed E-state index contributed by atoms with van der Waals surface area (Å²) in [4.78, 5) is 2.67. The van der Waals surface area contributed by atoms with E-state index in [0.717, 1.165) is 6.04 Å². The molecule has 0 radical (unpaired) electrons. The number of aromatic nitrogens is 2. The molecule has 1 saturated heterocycles. The van der Waals surface area contributed by atoms with Gasteiger partial charge in [-0.05, 0) is 51.8 Å². The predicted molar refractivity (Wildman–Crippen MR) is 72.4 cm³/mol. The van der Waals surface area contributed by atoms with Crippen LogP contribution < -0.4 is 5.32 Å². The van der Waals surface area contributed by atoms with Crippen LogP contribution in [0.5, 0.6) is 0 Å². The van der Waals surface area contributed by atoms with Crippen molar-refractivity contribution in [2.24, 2.45) is 7.05 Å². The van der Waals surface area contributed by atoms with Crippen LogP contribution in [-0.2, 0) is 7.05 Å². The second kappa shape index (κ2) is 5.02. The van der Waals surface area contributed by atoms with E-state index in [9.17, 15) is 0 Å². The first-order valence-corrected chi connectivity index (χ1v) is 7.22.